The lowest BCUT2D eigenvalue weighted by Gasteiger charge is -2.02. The molecule has 1 aliphatic heterocycles. The van der Waals surface area contributed by atoms with Gasteiger partial charge in [0.2, 0.25) is 0 Å². The van der Waals surface area contributed by atoms with Crippen LogP contribution in [0.3, 0.4) is 0 Å². The summed E-state index contributed by atoms with van der Waals surface area (Å²) in [5.41, 5.74) is 4.14. The van der Waals surface area contributed by atoms with Gasteiger partial charge >= 0.3 is 0 Å². The molecule has 17 heavy (non-hydrogen) atoms. The van der Waals surface area contributed by atoms with E-state index in [1.165, 1.54) is 6.33 Å². The van der Waals surface area contributed by atoms with Crippen LogP contribution in [0.15, 0.2) is 54.1 Å². The topological polar surface area (TPSA) is 38.1 Å². The smallest absolute Gasteiger partial charge is 0.115 e. The Kier molecular flexibility index (Phi) is 2.50. The Hall–Kier alpha value is -2.29. The molecule has 0 atom stereocenters. The van der Waals surface area contributed by atoms with Crippen LogP contribution >= 0.6 is 0 Å². The summed E-state index contributed by atoms with van der Waals surface area (Å²) < 4.78 is 0. The van der Waals surface area contributed by atoms with Crippen LogP contribution in [0.5, 0.6) is 0 Å². The normalized spacial score (nSPS) is 13.8. The molecule has 3 rings (SSSR count). The number of aromatic nitrogens is 2. The predicted molar refractivity (Wildman–Crippen MR) is 68.3 cm³/mol. The summed E-state index contributed by atoms with van der Waals surface area (Å²) in [5, 5.41) is 0. The lowest BCUT2D eigenvalue weighted by Crippen LogP contribution is -1.99. The Balaban J connectivity index is 2.10. The zero-order valence-corrected chi connectivity index (χ0v) is 9.24. The van der Waals surface area contributed by atoms with Gasteiger partial charge in [0, 0.05) is 24.4 Å². The highest BCUT2D eigenvalue weighted by Gasteiger charge is 2.07. The molecule has 0 unspecified atom stereocenters. The Bertz CT molecular complexity index is 585. The molecular weight excluding hydrogens is 210 g/mol. The van der Waals surface area contributed by atoms with E-state index in [2.05, 4.69) is 33.2 Å². The number of fused-ring (bicyclic) bond motifs is 1. The molecule has 1 aliphatic rings. The molecule has 82 valence electrons. The maximum Gasteiger partial charge on any atom is 0.115 e. The first kappa shape index (κ1) is 9.90. The van der Waals surface area contributed by atoms with Crippen molar-refractivity contribution >= 4 is 17.5 Å². The van der Waals surface area contributed by atoms with E-state index in [9.17, 15) is 0 Å². The first-order valence-corrected chi connectivity index (χ1v) is 5.52. The van der Waals surface area contributed by atoms with E-state index in [0.29, 0.717) is 0 Å². The van der Waals surface area contributed by atoms with Crippen LogP contribution in [-0.4, -0.2) is 15.7 Å². The van der Waals surface area contributed by atoms with E-state index < -0.39 is 0 Å². The monoisotopic (exact) mass is 221 g/mol. The minimum absolute atomic E-state index is 0.808. The zero-order valence-electron chi connectivity index (χ0n) is 9.24. The molecular formula is C14H11N3. The molecule has 3 heteroatoms. The maximum atomic E-state index is 4.68. The molecule has 0 saturated heterocycles. The summed E-state index contributed by atoms with van der Waals surface area (Å²) in [6.45, 7) is 0. The van der Waals surface area contributed by atoms with Crippen molar-refractivity contribution in [2.75, 3.05) is 0 Å². The molecule has 0 radical (unpaired) electrons. The van der Waals surface area contributed by atoms with Crippen LogP contribution in [0.2, 0.25) is 0 Å². The lowest BCUT2D eigenvalue weighted by molar-refractivity contribution is 1.15. The van der Waals surface area contributed by atoms with Gasteiger partial charge in [0.25, 0.3) is 0 Å². The van der Waals surface area contributed by atoms with Crippen molar-refractivity contribution in [3.05, 3.63) is 60.2 Å². The zero-order chi connectivity index (χ0) is 11.5. The van der Waals surface area contributed by atoms with Crippen molar-refractivity contribution in [2.24, 2.45) is 4.99 Å². The van der Waals surface area contributed by atoms with Crippen molar-refractivity contribution in [3.63, 3.8) is 0 Å². The number of hydrogen-bond acceptors (Lipinski definition) is 3. The molecule has 0 aliphatic carbocycles. The van der Waals surface area contributed by atoms with E-state index in [1.54, 1.807) is 12.4 Å². The Labute approximate surface area is 99.6 Å². The summed E-state index contributed by atoms with van der Waals surface area (Å²) in [6, 6.07) is 8.12. The van der Waals surface area contributed by atoms with Gasteiger partial charge in [0.15, 0.2) is 0 Å². The van der Waals surface area contributed by atoms with Crippen molar-refractivity contribution < 1.29 is 0 Å². The number of aliphatic imine (C=N–C) groups is 1. The van der Waals surface area contributed by atoms with Crippen molar-refractivity contribution in [1.82, 2.24) is 9.97 Å². The summed E-state index contributed by atoms with van der Waals surface area (Å²) in [4.78, 5) is 12.7. The van der Waals surface area contributed by atoms with Crippen LogP contribution < -0.4 is 0 Å². The molecule has 0 saturated carbocycles. The number of benzene rings is 1. The number of para-hydroxylation sites is 1. The predicted octanol–water partition coefficient (Wildman–Crippen LogP) is 3.01. The highest BCUT2D eigenvalue weighted by Crippen LogP contribution is 2.24. The van der Waals surface area contributed by atoms with Gasteiger partial charge in [-0.15, -0.1) is 0 Å². The van der Waals surface area contributed by atoms with E-state index in [1.807, 2.05) is 18.2 Å². The number of rotatable bonds is 1. The molecule has 2 heterocycles. The van der Waals surface area contributed by atoms with Crippen LogP contribution in [0.25, 0.3) is 6.08 Å². The summed E-state index contributed by atoms with van der Waals surface area (Å²) in [6.07, 6.45) is 10.2. The fourth-order valence-corrected chi connectivity index (χ4v) is 1.85. The van der Waals surface area contributed by atoms with Gasteiger partial charge in [-0.05, 0) is 11.6 Å². The van der Waals surface area contributed by atoms with Crippen LogP contribution in [-0.2, 0) is 0 Å². The number of allylic oxidation sites excluding steroid dienone is 1. The number of hydrogen-bond donors (Lipinski definition) is 0. The van der Waals surface area contributed by atoms with Crippen LogP contribution in [0, 0.1) is 0 Å². The highest BCUT2D eigenvalue weighted by molar-refractivity contribution is 6.03. The van der Waals surface area contributed by atoms with Gasteiger partial charge in [-0.3, -0.25) is 4.99 Å². The first-order valence-electron chi connectivity index (χ1n) is 5.52. The minimum atomic E-state index is 0.808. The van der Waals surface area contributed by atoms with Gasteiger partial charge in [-0.1, -0.05) is 30.4 Å². The second-order valence-corrected chi connectivity index (χ2v) is 3.85. The van der Waals surface area contributed by atoms with Crippen LogP contribution in [0.1, 0.15) is 17.5 Å². The van der Waals surface area contributed by atoms with Crippen molar-refractivity contribution in [3.8, 4) is 0 Å². The number of nitrogens with zero attached hydrogens (tertiary/aromatic N) is 3. The molecule has 0 spiro atoms. The average molecular weight is 221 g/mol. The molecule has 0 fully saturated rings. The highest BCUT2D eigenvalue weighted by atomic mass is 14.8. The summed E-state index contributed by atoms with van der Waals surface area (Å²) >= 11 is 0. The van der Waals surface area contributed by atoms with Gasteiger partial charge in [-0.25, -0.2) is 9.97 Å². The summed E-state index contributed by atoms with van der Waals surface area (Å²) in [7, 11) is 0. The van der Waals surface area contributed by atoms with Gasteiger partial charge in [0.1, 0.15) is 6.33 Å². The molecule has 0 amide bonds. The van der Waals surface area contributed by atoms with Crippen molar-refractivity contribution in [1.29, 1.82) is 0 Å². The summed E-state index contributed by atoms with van der Waals surface area (Å²) in [5.74, 6) is 0. The molecule has 0 N–H and O–H groups in total. The quantitative estimate of drug-likeness (QED) is 0.742. The van der Waals surface area contributed by atoms with E-state index >= 15 is 0 Å². The third-order valence-electron chi connectivity index (χ3n) is 2.69. The third-order valence-corrected chi connectivity index (χ3v) is 2.69. The first-order chi connectivity index (χ1) is 8.43. The fourth-order valence-electron chi connectivity index (χ4n) is 1.85. The molecule has 0 bridgehead atoms. The largest absolute Gasteiger partial charge is 0.252 e. The van der Waals surface area contributed by atoms with Gasteiger partial charge in [-0.2, -0.15) is 0 Å². The average Bonchev–Trinajstić information content (AvgIpc) is 2.62. The Morgan fingerprint density at radius 3 is 2.71 bits per heavy atom. The van der Waals surface area contributed by atoms with E-state index in [4.69, 9.17) is 0 Å². The SMILES string of the molecule is C1=Cc2ccccc2N=C(c2cncnc2)C1. The maximum absolute atomic E-state index is 4.68. The third kappa shape index (κ3) is 1.99. The van der Waals surface area contributed by atoms with Crippen molar-refractivity contribution in [2.45, 2.75) is 6.42 Å². The van der Waals surface area contributed by atoms with E-state index in [-0.39, 0.29) is 0 Å². The van der Waals surface area contributed by atoms with E-state index in [0.717, 1.165) is 28.9 Å². The molecule has 1 aromatic carbocycles. The Morgan fingerprint density at radius 1 is 1.00 bits per heavy atom. The second-order valence-electron chi connectivity index (χ2n) is 3.85. The molecule has 2 aromatic rings. The fraction of sp³-hybridized carbons (Fsp3) is 0.0714. The minimum Gasteiger partial charge on any atom is -0.252 e. The standard InChI is InChI=1S/C14H11N3/c1-2-6-13-11(4-1)5-3-7-14(17-13)12-8-15-10-16-9-12/h1-6,8-10H,7H2. The Morgan fingerprint density at radius 2 is 1.82 bits per heavy atom. The molecule has 1 aromatic heterocycles. The van der Waals surface area contributed by atoms with Gasteiger partial charge < -0.3 is 0 Å². The molecule has 3 nitrogen and oxygen atoms in total. The van der Waals surface area contributed by atoms with Gasteiger partial charge in [0.05, 0.1) is 11.4 Å². The lowest BCUT2D eigenvalue weighted by atomic mass is 10.1. The second kappa shape index (κ2) is 4.29. The van der Waals surface area contributed by atoms with Crippen LogP contribution in [0.4, 0.5) is 5.69 Å².